The summed E-state index contributed by atoms with van der Waals surface area (Å²) < 4.78 is 13.4. The van der Waals surface area contributed by atoms with E-state index in [0.717, 1.165) is 45.6 Å². The number of benzene rings is 1. The van der Waals surface area contributed by atoms with E-state index in [-0.39, 0.29) is 17.6 Å². The zero-order valence-corrected chi connectivity index (χ0v) is 15.7. The minimum absolute atomic E-state index is 0.0856. The van der Waals surface area contributed by atoms with Crippen molar-refractivity contribution in [3.63, 3.8) is 0 Å². The van der Waals surface area contributed by atoms with Crippen LogP contribution in [-0.4, -0.2) is 22.4 Å². The molecule has 1 aliphatic rings. The van der Waals surface area contributed by atoms with E-state index in [1.54, 1.807) is 6.07 Å². The van der Waals surface area contributed by atoms with Gasteiger partial charge in [0.1, 0.15) is 10.8 Å². The smallest absolute Gasteiger partial charge is 0.228 e. The minimum atomic E-state index is -0.352. The average molecular weight is 385 g/mol. The second-order valence-electron chi connectivity index (χ2n) is 5.85. The molecular weight excluding hydrogens is 367 g/mol. The second kappa shape index (κ2) is 7.85. The Morgan fingerprint density at radius 1 is 1.38 bits per heavy atom. The fraction of sp³-hybridized carbons (Fsp3) is 0.412. The van der Waals surface area contributed by atoms with Crippen LogP contribution in [0.15, 0.2) is 18.2 Å². The van der Waals surface area contributed by atoms with Gasteiger partial charge >= 0.3 is 0 Å². The number of halogens is 2. The van der Waals surface area contributed by atoms with Crippen LogP contribution in [0.25, 0.3) is 0 Å². The van der Waals surface area contributed by atoms with Crippen LogP contribution in [0.2, 0.25) is 5.02 Å². The molecule has 3 rings (SSSR count). The molecule has 1 N–H and O–H groups in total. The Bertz CT molecular complexity index is 724. The molecule has 0 radical (unpaired) electrons. The monoisotopic (exact) mass is 384 g/mol. The Morgan fingerprint density at radius 2 is 2.12 bits per heavy atom. The molecule has 1 aromatic heterocycles. The molecule has 0 aliphatic carbocycles. The number of aromatic nitrogens is 1. The molecular formula is C17H18ClFN2OS2. The first-order valence-corrected chi connectivity index (χ1v) is 10.2. The number of anilines is 1. The summed E-state index contributed by atoms with van der Waals surface area (Å²) in [6, 6.07) is 4.48. The van der Waals surface area contributed by atoms with E-state index in [1.165, 1.54) is 23.5 Å². The van der Waals surface area contributed by atoms with Gasteiger partial charge in [-0.1, -0.05) is 11.6 Å². The summed E-state index contributed by atoms with van der Waals surface area (Å²) in [5.74, 6) is 1.92. The molecule has 2 heterocycles. The van der Waals surface area contributed by atoms with Gasteiger partial charge in [-0.05, 0) is 55.0 Å². The molecule has 0 unspecified atom stereocenters. The van der Waals surface area contributed by atoms with Crippen molar-refractivity contribution in [3.05, 3.63) is 45.3 Å². The summed E-state index contributed by atoms with van der Waals surface area (Å²) in [7, 11) is 0. The average Bonchev–Trinajstić information content (AvgIpc) is 2.86. The summed E-state index contributed by atoms with van der Waals surface area (Å²) in [5.41, 5.74) is 1.58. The molecule has 1 fully saturated rings. The van der Waals surface area contributed by atoms with Crippen molar-refractivity contribution in [1.29, 1.82) is 0 Å². The van der Waals surface area contributed by atoms with E-state index in [1.807, 2.05) is 18.7 Å². The van der Waals surface area contributed by atoms with E-state index in [2.05, 4.69) is 10.3 Å². The summed E-state index contributed by atoms with van der Waals surface area (Å²) in [4.78, 5) is 16.9. The van der Waals surface area contributed by atoms with Crippen molar-refractivity contribution in [2.75, 3.05) is 16.8 Å². The largest absolute Gasteiger partial charge is 0.316 e. The quantitative estimate of drug-likeness (QED) is 0.813. The third-order valence-corrected chi connectivity index (χ3v) is 6.29. The molecule has 1 aromatic carbocycles. The molecule has 0 spiro atoms. The van der Waals surface area contributed by atoms with Crippen LogP contribution in [0, 0.1) is 18.7 Å². The topological polar surface area (TPSA) is 42.0 Å². The lowest BCUT2D eigenvalue weighted by Crippen LogP contribution is -2.26. The molecule has 0 atom stereocenters. The van der Waals surface area contributed by atoms with Gasteiger partial charge in [-0.25, -0.2) is 9.37 Å². The lowest BCUT2D eigenvalue weighted by Gasteiger charge is -2.20. The van der Waals surface area contributed by atoms with Crippen LogP contribution in [-0.2, 0) is 11.2 Å². The van der Waals surface area contributed by atoms with E-state index in [9.17, 15) is 9.18 Å². The van der Waals surface area contributed by atoms with Crippen molar-refractivity contribution in [1.82, 2.24) is 4.98 Å². The highest BCUT2D eigenvalue weighted by atomic mass is 35.5. The number of hydrogen-bond donors (Lipinski definition) is 1. The van der Waals surface area contributed by atoms with Crippen LogP contribution in [0.4, 0.5) is 9.39 Å². The van der Waals surface area contributed by atoms with Crippen molar-refractivity contribution >= 4 is 45.6 Å². The van der Waals surface area contributed by atoms with Crippen molar-refractivity contribution < 1.29 is 9.18 Å². The van der Waals surface area contributed by atoms with Gasteiger partial charge in [-0.15, -0.1) is 11.3 Å². The van der Waals surface area contributed by atoms with Gasteiger partial charge in [-0.2, -0.15) is 11.8 Å². The summed E-state index contributed by atoms with van der Waals surface area (Å²) >= 11 is 9.24. The Morgan fingerprint density at radius 3 is 2.83 bits per heavy atom. The zero-order chi connectivity index (χ0) is 17.1. The number of hydrogen-bond acceptors (Lipinski definition) is 4. The minimum Gasteiger partial charge on any atom is -0.316 e. The highest BCUT2D eigenvalue weighted by molar-refractivity contribution is 7.99. The van der Waals surface area contributed by atoms with Crippen LogP contribution in [0.3, 0.4) is 0 Å². The van der Waals surface area contributed by atoms with Gasteiger partial charge in [-0.3, -0.25) is 4.79 Å². The second-order valence-corrected chi connectivity index (χ2v) is 8.60. The Labute approximate surface area is 154 Å². The molecule has 128 valence electrons. The number of aryl methyl sites for hydroxylation is 1. The van der Waals surface area contributed by atoms with Crippen molar-refractivity contribution in [2.24, 2.45) is 5.92 Å². The van der Waals surface area contributed by atoms with Crippen LogP contribution in [0.5, 0.6) is 0 Å². The molecule has 0 saturated carbocycles. The van der Waals surface area contributed by atoms with Gasteiger partial charge in [0, 0.05) is 17.4 Å². The molecule has 3 nitrogen and oxygen atoms in total. The van der Waals surface area contributed by atoms with E-state index >= 15 is 0 Å². The lowest BCUT2D eigenvalue weighted by molar-refractivity contribution is -0.120. The predicted molar refractivity (Wildman–Crippen MR) is 99.7 cm³/mol. The number of rotatable bonds is 4. The van der Waals surface area contributed by atoms with Gasteiger partial charge < -0.3 is 5.32 Å². The number of thiazole rings is 1. The van der Waals surface area contributed by atoms with Crippen LogP contribution >= 0.6 is 34.7 Å². The predicted octanol–water partition coefficient (Wildman–Crippen LogP) is 4.92. The van der Waals surface area contributed by atoms with E-state index < -0.39 is 0 Å². The van der Waals surface area contributed by atoms with Crippen LogP contribution in [0.1, 0.15) is 29.1 Å². The molecule has 1 aliphatic heterocycles. The number of nitrogens with zero attached hydrogens (tertiary/aromatic N) is 1. The summed E-state index contributed by atoms with van der Waals surface area (Å²) in [6.07, 6.45) is 2.37. The van der Waals surface area contributed by atoms with E-state index in [4.69, 9.17) is 11.6 Å². The van der Waals surface area contributed by atoms with Crippen molar-refractivity contribution in [2.45, 2.75) is 26.2 Å². The Kier molecular flexibility index (Phi) is 5.79. The fourth-order valence-corrected chi connectivity index (χ4v) is 5.06. The summed E-state index contributed by atoms with van der Waals surface area (Å²) in [5, 5.41) is 5.02. The Hall–Kier alpha value is -1.11. The maximum Gasteiger partial charge on any atom is 0.228 e. The van der Waals surface area contributed by atoms with Gasteiger partial charge in [0.15, 0.2) is 0 Å². The number of carbonyl (C=O) groups is 1. The third-order valence-electron chi connectivity index (χ3n) is 3.95. The fourth-order valence-electron chi connectivity index (χ4n) is 2.71. The van der Waals surface area contributed by atoms with Gasteiger partial charge in [0.2, 0.25) is 5.91 Å². The molecule has 2 aromatic rings. The first-order valence-electron chi connectivity index (χ1n) is 7.81. The maximum atomic E-state index is 13.4. The number of thioether (sulfide) groups is 1. The molecule has 0 bridgehead atoms. The van der Waals surface area contributed by atoms with Gasteiger partial charge in [0.05, 0.1) is 10.7 Å². The van der Waals surface area contributed by atoms with Crippen LogP contribution < -0.4 is 5.32 Å². The maximum absolute atomic E-state index is 13.4. The first-order chi connectivity index (χ1) is 11.5. The molecule has 1 saturated heterocycles. The SMILES string of the molecule is Cc1nc(Cc2cc(F)cc(Cl)c2)sc1NC(=O)C1CCSCC1. The third kappa shape index (κ3) is 4.49. The normalized spacial score (nSPS) is 15.5. The molecule has 24 heavy (non-hydrogen) atoms. The highest BCUT2D eigenvalue weighted by Crippen LogP contribution is 2.29. The Balaban J connectivity index is 1.69. The van der Waals surface area contributed by atoms with E-state index in [0.29, 0.717) is 11.4 Å². The standard InChI is InChI=1S/C17H18ClFN2OS2/c1-10-17(21-16(22)12-2-4-23-5-3-12)24-15(20-10)8-11-6-13(18)9-14(19)7-11/h6-7,9,12H,2-5,8H2,1H3,(H,21,22). The highest BCUT2D eigenvalue weighted by Gasteiger charge is 2.22. The van der Waals surface area contributed by atoms with Gasteiger partial charge in [0.25, 0.3) is 0 Å². The number of nitrogens with one attached hydrogen (secondary N) is 1. The zero-order valence-electron chi connectivity index (χ0n) is 13.3. The van der Waals surface area contributed by atoms with Crippen molar-refractivity contribution in [3.8, 4) is 0 Å². The molecule has 7 heteroatoms. The number of amides is 1. The molecule has 1 amide bonds. The number of carbonyl (C=O) groups excluding carboxylic acids is 1. The summed E-state index contributed by atoms with van der Waals surface area (Å²) in [6.45, 7) is 1.88. The lowest BCUT2D eigenvalue weighted by atomic mass is 10.0. The first kappa shape index (κ1) is 17.7.